The van der Waals surface area contributed by atoms with Crippen LogP contribution in [0.3, 0.4) is 0 Å². The topological polar surface area (TPSA) is 0 Å². The Balaban J connectivity index is 3.07. The molecule has 0 aliphatic carbocycles. The predicted octanol–water partition coefficient (Wildman–Crippen LogP) is 5.28. The summed E-state index contributed by atoms with van der Waals surface area (Å²) in [6, 6.07) is 2.87. The van der Waals surface area contributed by atoms with Gasteiger partial charge >= 0.3 is 0 Å². The van der Waals surface area contributed by atoms with E-state index in [1.165, 1.54) is 6.07 Å². The molecule has 0 saturated carbocycles. The Labute approximate surface area is 100 Å². The molecule has 0 aliphatic heterocycles. The Kier molecular flexibility index (Phi) is 4.42. The summed E-state index contributed by atoms with van der Waals surface area (Å²) in [5.41, 5.74) is 0.729. The van der Waals surface area contributed by atoms with E-state index < -0.39 is 5.82 Å². The first-order chi connectivity index (χ1) is 6.93. The molecule has 0 aromatic heterocycles. The van der Waals surface area contributed by atoms with E-state index in [0.29, 0.717) is 10.9 Å². The molecule has 0 aliphatic rings. The molecule has 15 heavy (non-hydrogen) atoms. The molecule has 0 spiro atoms. The molecule has 0 N–H and O–H groups in total. The van der Waals surface area contributed by atoms with Gasteiger partial charge in [0.1, 0.15) is 5.82 Å². The zero-order chi connectivity index (χ0) is 11.6. The highest BCUT2D eigenvalue weighted by atomic mass is 35.5. The molecule has 1 rings (SSSR count). The molecule has 1 unspecified atom stereocenters. The molecule has 84 valence electrons. The maximum absolute atomic E-state index is 13.3. The number of hydrogen-bond donors (Lipinski definition) is 0. The SMILES string of the molecule is CC(C)CC(C)c1c(Cl)ccc(F)c1Cl. The van der Waals surface area contributed by atoms with E-state index in [1.54, 1.807) is 6.07 Å². The van der Waals surface area contributed by atoms with Crippen molar-refractivity contribution in [1.82, 2.24) is 0 Å². The third-order valence-electron chi connectivity index (χ3n) is 2.40. The summed E-state index contributed by atoms with van der Waals surface area (Å²) in [7, 11) is 0. The lowest BCUT2D eigenvalue weighted by atomic mass is 9.92. The molecular formula is C12H15Cl2F. The van der Waals surface area contributed by atoms with Crippen LogP contribution in [0.5, 0.6) is 0 Å². The fourth-order valence-corrected chi connectivity index (χ4v) is 2.56. The van der Waals surface area contributed by atoms with Crippen molar-refractivity contribution in [2.45, 2.75) is 33.1 Å². The third kappa shape index (κ3) is 3.09. The van der Waals surface area contributed by atoms with Crippen molar-refractivity contribution in [2.24, 2.45) is 5.92 Å². The molecule has 1 atom stereocenters. The van der Waals surface area contributed by atoms with Crippen LogP contribution >= 0.6 is 23.2 Å². The second-order valence-corrected chi connectivity index (χ2v) is 5.07. The minimum Gasteiger partial charge on any atom is -0.205 e. The van der Waals surface area contributed by atoms with Crippen LogP contribution in [-0.2, 0) is 0 Å². The van der Waals surface area contributed by atoms with Gasteiger partial charge in [0.15, 0.2) is 0 Å². The molecule has 0 radical (unpaired) electrons. The molecule has 0 fully saturated rings. The lowest BCUT2D eigenvalue weighted by molar-refractivity contribution is 0.521. The van der Waals surface area contributed by atoms with Gasteiger partial charge in [-0.15, -0.1) is 0 Å². The van der Waals surface area contributed by atoms with E-state index in [2.05, 4.69) is 13.8 Å². The zero-order valence-corrected chi connectivity index (χ0v) is 10.7. The molecule has 0 nitrogen and oxygen atoms in total. The molecule has 0 heterocycles. The largest absolute Gasteiger partial charge is 0.205 e. The van der Waals surface area contributed by atoms with E-state index in [-0.39, 0.29) is 10.9 Å². The van der Waals surface area contributed by atoms with Crippen LogP contribution in [0.15, 0.2) is 12.1 Å². The first kappa shape index (κ1) is 12.8. The van der Waals surface area contributed by atoms with Crippen molar-refractivity contribution in [1.29, 1.82) is 0 Å². The standard InChI is InChI=1S/C12H15Cl2F/c1-7(2)6-8(3)11-9(13)4-5-10(15)12(11)14/h4-5,7-8H,6H2,1-3H3. The van der Waals surface area contributed by atoms with E-state index in [1.807, 2.05) is 6.92 Å². The highest BCUT2D eigenvalue weighted by Crippen LogP contribution is 2.36. The normalized spacial score (nSPS) is 13.3. The Morgan fingerprint density at radius 1 is 1.20 bits per heavy atom. The zero-order valence-electron chi connectivity index (χ0n) is 9.15. The number of rotatable bonds is 3. The summed E-state index contributed by atoms with van der Waals surface area (Å²) in [4.78, 5) is 0. The lowest BCUT2D eigenvalue weighted by Gasteiger charge is -2.17. The maximum atomic E-state index is 13.3. The van der Waals surface area contributed by atoms with Gasteiger partial charge in [0.2, 0.25) is 0 Å². The molecular weight excluding hydrogens is 234 g/mol. The summed E-state index contributed by atoms with van der Waals surface area (Å²) < 4.78 is 13.3. The van der Waals surface area contributed by atoms with Gasteiger partial charge in [-0.05, 0) is 36.0 Å². The van der Waals surface area contributed by atoms with Crippen LogP contribution < -0.4 is 0 Å². The van der Waals surface area contributed by atoms with Gasteiger partial charge in [0.05, 0.1) is 5.02 Å². The lowest BCUT2D eigenvalue weighted by Crippen LogP contribution is -2.01. The van der Waals surface area contributed by atoms with E-state index in [4.69, 9.17) is 23.2 Å². The molecule has 0 amide bonds. The van der Waals surface area contributed by atoms with Crippen LogP contribution in [0.4, 0.5) is 4.39 Å². The van der Waals surface area contributed by atoms with Crippen molar-refractivity contribution in [3.05, 3.63) is 33.6 Å². The third-order valence-corrected chi connectivity index (χ3v) is 3.11. The minimum atomic E-state index is -0.397. The number of benzene rings is 1. The molecule has 3 heteroatoms. The maximum Gasteiger partial charge on any atom is 0.142 e. The second-order valence-electron chi connectivity index (χ2n) is 4.29. The van der Waals surface area contributed by atoms with Gasteiger partial charge in [-0.1, -0.05) is 44.0 Å². The first-order valence-electron chi connectivity index (χ1n) is 5.06. The smallest absolute Gasteiger partial charge is 0.142 e. The summed E-state index contributed by atoms with van der Waals surface area (Å²) >= 11 is 11.9. The van der Waals surface area contributed by atoms with Crippen molar-refractivity contribution >= 4 is 23.2 Å². The highest BCUT2D eigenvalue weighted by molar-refractivity contribution is 6.36. The second kappa shape index (κ2) is 5.18. The Morgan fingerprint density at radius 3 is 2.33 bits per heavy atom. The fourth-order valence-electron chi connectivity index (χ4n) is 1.82. The van der Waals surface area contributed by atoms with Crippen LogP contribution in [0.1, 0.15) is 38.7 Å². The van der Waals surface area contributed by atoms with Crippen LogP contribution in [0.25, 0.3) is 0 Å². The molecule has 0 saturated heterocycles. The van der Waals surface area contributed by atoms with Crippen LogP contribution in [0.2, 0.25) is 10.0 Å². The molecule has 1 aromatic carbocycles. The van der Waals surface area contributed by atoms with Gasteiger partial charge in [-0.3, -0.25) is 0 Å². The molecule has 0 bridgehead atoms. The average Bonchev–Trinajstić information content (AvgIpc) is 2.11. The van der Waals surface area contributed by atoms with E-state index in [9.17, 15) is 4.39 Å². The fraction of sp³-hybridized carbons (Fsp3) is 0.500. The van der Waals surface area contributed by atoms with Crippen molar-refractivity contribution in [2.75, 3.05) is 0 Å². The average molecular weight is 249 g/mol. The molecule has 1 aromatic rings. The quantitative estimate of drug-likeness (QED) is 0.639. The first-order valence-corrected chi connectivity index (χ1v) is 5.82. The van der Waals surface area contributed by atoms with Gasteiger partial charge in [-0.25, -0.2) is 4.39 Å². The van der Waals surface area contributed by atoms with Gasteiger partial charge in [0.25, 0.3) is 0 Å². The number of hydrogen-bond acceptors (Lipinski definition) is 0. The van der Waals surface area contributed by atoms with Crippen molar-refractivity contribution in [3.63, 3.8) is 0 Å². The van der Waals surface area contributed by atoms with Crippen molar-refractivity contribution < 1.29 is 4.39 Å². The highest BCUT2D eigenvalue weighted by Gasteiger charge is 2.17. The van der Waals surface area contributed by atoms with E-state index in [0.717, 1.165) is 12.0 Å². The van der Waals surface area contributed by atoms with Crippen molar-refractivity contribution in [3.8, 4) is 0 Å². The van der Waals surface area contributed by atoms with Gasteiger partial charge in [-0.2, -0.15) is 0 Å². The predicted molar refractivity (Wildman–Crippen MR) is 64.3 cm³/mol. The summed E-state index contributed by atoms with van der Waals surface area (Å²) in [6.45, 7) is 6.27. The van der Waals surface area contributed by atoms with Crippen LogP contribution in [-0.4, -0.2) is 0 Å². The van der Waals surface area contributed by atoms with Gasteiger partial charge < -0.3 is 0 Å². The summed E-state index contributed by atoms with van der Waals surface area (Å²) in [5.74, 6) is 0.322. The van der Waals surface area contributed by atoms with Gasteiger partial charge in [0, 0.05) is 5.02 Å². The minimum absolute atomic E-state index is 0.163. The Hall–Kier alpha value is -0.270. The van der Waals surface area contributed by atoms with Crippen LogP contribution in [0, 0.1) is 11.7 Å². The van der Waals surface area contributed by atoms with E-state index >= 15 is 0 Å². The Morgan fingerprint density at radius 2 is 1.80 bits per heavy atom. The summed E-state index contributed by atoms with van der Waals surface area (Å²) in [5, 5.41) is 0.713. The summed E-state index contributed by atoms with van der Waals surface area (Å²) in [6.07, 6.45) is 0.947. The monoisotopic (exact) mass is 248 g/mol. The Bertz CT molecular complexity index is 348. The number of halogens is 3.